The van der Waals surface area contributed by atoms with E-state index in [9.17, 15) is 4.79 Å². The quantitative estimate of drug-likeness (QED) is 0.539. The van der Waals surface area contributed by atoms with Gasteiger partial charge in [0.25, 0.3) is 0 Å². The smallest absolute Gasteiger partial charge is 0.241 e. The number of anilines is 1. The maximum absolute atomic E-state index is 12.5. The van der Waals surface area contributed by atoms with Crippen molar-refractivity contribution in [3.63, 3.8) is 0 Å². The summed E-state index contributed by atoms with van der Waals surface area (Å²) < 4.78 is 15.4. The first-order valence-corrected chi connectivity index (χ1v) is 10.9. The van der Waals surface area contributed by atoms with E-state index in [4.69, 9.17) is 15.2 Å². The van der Waals surface area contributed by atoms with E-state index in [2.05, 4.69) is 22.7 Å². The minimum atomic E-state index is -0.602. The van der Waals surface area contributed by atoms with Crippen molar-refractivity contribution in [2.75, 3.05) is 19.5 Å². The summed E-state index contributed by atoms with van der Waals surface area (Å²) in [4.78, 5) is 13.6. The standard InChI is InChI=1S/C24H29N3O3S/c1-13(2)22(25)24(28)27-19-10-16(7-8-20(19)29-5)18-12-26-31-23(18)17-9-14(3)15(4)21(11-17)30-6/h7-13,22H,25H2,1-6H3,(H,27,28)/t22-/m0/s1. The van der Waals surface area contributed by atoms with Crippen molar-refractivity contribution < 1.29 is 14.3 Å². The number of rotatable bonds is 7. The van der Waals surface area contributed by atoms with E-state index >= 15 is 0 Å². The van der Waals surface area contributed by atoms with Crippen LogP contribution in [-0.2, 0) is 4.79 Å². The molecule has 3 N–H and O–H groups in total. The molecule has 6 nitrogen and oxygen atoms in total. The van der Waals surface area contributed by atoms with Gasteiger partial charge in [0.05, 0.1) is 30.8 Å². The van der Waals surface area contributed by atoms with Gasteiger partial charge in [0.1, 0.15) is 11.5 Å². The highest BCUT2D eigenvalue weighted by Crippen LogP contribution is 2.40. The van der Waals surface area contributed by atoms with Gasteiger partial charge < -0.3 is 20.5 Å². The number of nitrogens with two attached hydrogens (primary N) is 1. The lowest BCUT2D eigenvalue weighted by molar-refractivity contribution is -0.118. The molecular formula is C24H29N3O3S. The number of methoxy groups -OCH3 is 2. The van der Waals surface area contributed by atoms with Gasteiger partial charge in [-0.2, -0.15) is 4.37 Å². The first-order valence-electron chi connectivity index (χ1n) is 10.1. The average molecular weight is 440 g/mol. The highest BCUT2D eigenvalue weighted by atomic mass is 32.1. The van der Waals surface area contributed by atoms with Crippen molar-refractivity contribution in [3.05, 3.63) is 47.7 Å². The zero-order valence-electron chi connectivity index (χ0n) is 18.8. The molecule has 0 radical (unpaired) electrons. The number of aromatic nitrogens is 1. The molecule has 0 aliphatic heterocycles. The van der Waals surface area contributed by atoms with Crippen LogP contribution in [0, 0.1) is 19.8 Å². The number of aryl methyl sites for hydroxylation is 1. The van der Waals surface area contributed by atoms with Crippen molar-refractivity contribution in [1.82, 2.24) is 4.37 Å². The third-order valence-electron chi connectivity index (χ3n) is 5.46. The van der Waals surface area contributed by atoms with Gasteiger partial charge in [-0.3, -0.25) is 4.79 Å². The van der Waals surface area contributed by atoms with E-state index < -0.39 is 6.04 Å². The second kappa shape index (κ2) is 9.49. The summed E-state index contributed by atoms with van der Waals surface area (Å²) in [5.41, 5.74) is 11.8. The molecule has 1 atom stereocenters. The molecule has 1 aromatic heterocycles. The van der Waals surface area contributed by atoms with Crippen LogP contribution in [0.2, 0.25) is 0 Å². The van der Waals surface area contributed by atoms with Crippen molar-refractivity contribution in [2.45, 2.75) is 33.7 Å². The molecule has 1 heterocycles. The summed E-state index contributed by atoms with van der Waals surface area (Å²) >= 11 is 1.43. The zero-order valence-corrected chi connectivity index (χ0v) is 19.6. The number of hydrogen-bond acceptors (Lipinski definition) is 6. The first kappa shape index (κ1) is 22.8. The number of carbonyl (C=O) groups is 1. The molecule has 0 saturated carbocycles. The predicted molar refractivity (Wildman–Crippen MR) is 127 cm³/mol. The Hall–Kier alpha value is -2.90. The molecule has 2 aromatic carbocycles. The van der Waals surface area contributed by atoms with Crippen molar-refractivity contribution in [1.29, 1.82) is 0 Å². The van der Waals surface area contributed by atoms with Gasteiger partial charge in [-0.25, -0.2) is 0 Å². The SMILES string of the molecule is COc1ccc(-c2cnsc2-c2cc(C)c(C)c(OC)c2)cc1NC(=O)[C@@H](N)C(C)C. The molecule has 3 aromatic rings. The first-order chi connectivity index (χ1) is 14.8. The molecule has 0 saturated heterocycles. The normalized spacial score (nSPS) is 12.0. The van der Waals surface area contributed by atoms with E-state index in [-0.39, 0.29) is 11.8 Å². The number of nitrogens with one attached hydrogen (secondary N) is 1. The second-order valence-electron chi connectivity index (χ2n) is 7.86. The molecule has 31 heavy (non-hydrogen) atoms. The van der Waals surface area contributed by atoms with Crippen LogP contribution in [0.15, 0.2) is 36.5 Å². The fraction of sp³-hybridized carbons (Fsp3) is 0.333. The third-order valence-corrected chi connectivity index (χ3v) is 6.31. The highest BCUT2D eigenvalue weighted by Gasteiger charge is 2.20. The van der Waals surface area contributed by atoms with E-state index in [1.165, 1.54) is 11.5 Å². The van der Waals surface area contributed by atoms with Gasteiger partial charge >= 0.3 is 0 Å². The summed E-state index contributed by atoms with van der Waals surface area (Å²) in [5, 5.41) is 2.91. The molecule has 0 aliphatic rings. The maximum atomic E-state index is 12.5. The Balaban J connectivity index is 2.03. The topological polar surface area (TPSA) is 86.5 Å². The van der Waals surface area contributed by atoms with Crippen molar-refractivity contribution in [3.8, 4) is 33.1 Å². The summed E-state index contributed by atoms with van der Waals surface area (Å²) in [6.07, 6.45) is 1.84. The Bertz CT molecular complexity index is 1090. The zero-order chi connectivity index (χ0) is 22.7. The van der Waals surface area contributed by atoms with Gasteiger partial charge in [-0.05, 0) is 71.8 Å². The Morgan fingerprint density at radius 2 is 1.77 bits per heavy atom. The van der Waals surface area contributed by atoms with E-state index in [1.54, 1.807) is 14.2 Å². The summed E-state index contributed by atoms with van der Waals surface area (Å²) in [7, 11) is 3.26. The summed E-state index contributed by atoms with van der Waals surface area (Å²) in [6.45, 7) is 7.95. The molecule has 3 rings (SSSR count). The monoisotopic (exact) mass is 439 g/mol. The fourth-order valence-corrected chi connectivity index (χ4v) is 4.07. The van der Waals surface area contributed by atoms with E-state index in [0.29, 0.717) is 11.4 Å². The number of amides is 1. The van der Waals surface area contributed by atoms with Crippen molar-refractivity contribution in [2.24, 2.45) is 11.7 Å². The summed E-state index contributed by atoms with van der Waals surface area (Å²) in [6, 6.07) is 9.27. The van der Waals surface area contributed by atoms with Crippen LogP contribution in [0.1, 0.15) is 25.0 Å². The maximum Gasteiger partial charge on any atom is 0.241 e. The van der Waals surface area contributed by atoms with Gasteiger partial charge in [0.2, 0.25) is 5.91 Å². The van der Waals surface area contributed by atoms with Gasteiger partial charge in [-0.15, -0.1) is 0 Å². The second-order valence-corrected chi connectivity index (χ2v) is 8.66. The number of ether oxygens (including phenoxy) is 2. The van der Waals surface area contributed by atoms with Crippen LogP contribution < -0.4 is 20.5 Å². The predicted octanol–water partition coefficient (Wildman–Crippen LogP) is 5.03. The molecule has 0 unspecified atom stereocenters. The fourth-order valence-electron chi connectivity index (χ4n) is 3.32. The Morgan fingerprint density at radius 1 is 1.06 bits per heavy atom. The minimum Gasteiger partial charge on any atom is -0.496 e. The number of nitrogens with zero attached hydrogens (tertiary/aromatic N) is 1. The summed E-state index contributed by atoms with van der Waals surface area (Å²) in [5.74, 6) is 1.21. The van der Waals surface area contributed by atoms with Gasteiger partial charge in [-0.1, -0.05) is 26.0 Å². The molecule has 0 spiro atoms. The minimum absolute atomic E-state index is 0.0293. The number of benzene rings is 2. The average Bonchev–Trinajstić information content (AvgIpc) is 3.24. The lowest BCUT2D eigenvalue weighted by atomic mass is 9.99. The van der Waals surface area contributed by atoms with Crippen LogP contribution in [-0.4, -0.2) is 30.5 Å². The molecule has 0 aliphatic carbocycles. The van der Waals surface area contributed by atoms with Crippen LogP contribution in [0.5, 0.6) is 11.5 Å². The van der Waals surface area contributed by atoms with Crippen LogP contribution in [0.25, 0.3) is 21.6 Å². The molecule has 0 bridgehead atoms. The third kappa shape index (κ3) is 4.73. The molecule has 7 heteroatoms. The number of carbonyl (C=O) groups excluding carboxylic acids is 1. The van der Waals surface area contributed by atoms with E-state index in [0.717, 1.165) is 38.4 Å². The Kier molecular flexibility index (Phi) is 6.97. The van der Waals surface area contributed by atoms with Crippen molar-refractivity contribution >= 4 is 23.1 Å². The van der Waals surface area contributed by atoms with Crippen LogP contribution in [0.3, 0.4) is 0 Å². The number of hydrogen-bond donors (Lipinski definition) is 2. The van der Waals surface area contributed by atoms with Crippen LogP contribution in [0.4, 0.5) is 5.69 Å². The lowest BCUT2D eigenvalue weighted by Gasteiger charge is -2.17. The lowest BCUT2D eigenvalue weighted by Crippen LogP contribution is -2.39. The van der Waals surface area contributed by atoms with Crippen LogP contribution >= 0.6 is 11.5 Å². The largest absolute Gasteiger partial charge is 0.496 e. The van der Waals surface area contributed by atoms with E-state index in [1.807, 2.05) is 51.2 Å². The molecular weight excluding hydrogens is 410 g/mol. The molecule has 164 valence electrons. The van der Waals surface area contributed by atoms with Gasteiger partial charge in [0.15, 0.2) is 0 Å². The Morgan fingerprint density at radius 3 is 2.42 bits per heavy atom. The molecule has 1 amide bonds. The Labute approximate surface area is 187 Å². The van der Waals surface area contributed by atoms with Gasteiger partial charge in [0, 0.05) is 11.8 Å². The highest BCUT2D eigenvalue weighted by molar-refractivity contribution is 7.10. The molecule has 0 fully saturated rings.